The fourth-order valence-electron chi connectivity index (χ4n) is 6.47. The van der Waals surface area contributed by atoms with Crippen LogP contribution in [0.3, 0.4) is 0 Å². The summed E-state index contributed by atoms with van der Waals surface area (Å²) in [5.74, 6) is 0.107. The third kappa shape index (κ3) is 25.2. The molecular weight excluding hydrogens is 823 g/mol. The summed E-state index contributed by atoms with van der Waals surface area (Å²) in [4.78, 5) is 50.3. The van der Waals surface area contributed by atoms with Crippen LogP contribution in [-0.2, 0) is 51.4 Å². The van der Waals surface area contributed by atoms with Gasteiger partial charge in [0.1, 0.15) is 6.54 Å². The van der Waals surface area contributed by atoms with E-state index < -0.39 is 0 Å². The largest absolute Gasteiger partial charge is 0.412 e. The Morgan fingerprint density at radius 1 is 0.646 bits per heavy atom. The van der Waals surface area contributed by atoms with Crippen LogP contribution >= 0.6 is 0 Å². The molecule has 1 aromatic heterocycles. The fraction of sp³-hybridized carbons (Fsp3) is 0.519. The first-order valence-corrected chi connectivity index (χ1v) is 23.1. The number of aromatic nitrogens is 1. The second kappa shape index (κ2) is 32.4. The number of esters is 4. The molecule has 4 N–H and O–H groups in total. The Labute approximate surface area is 391 Å². The summed E-state index contributed by atoms with van der Waals surface area (Å²) in [6.45, 7) is 39.9. The van der Waals surface area contributed by atoms with E-state index in [1.807, 2.05) is 37.0 Å². The van der Waals surface area contributed by atoms with E-state index in [1.54, 1.807) is 27.7 Å². The molecule has 13 nitrogen and oxygen atoms in total. The lowest BCUT2D eigenvalue weighted by atomic mass is 9.90. The molecule has 2 atom stereocenters. The summed E-state index contributed by atoms with van der Waals surface area (Å²) < 4.78 is 22.2. The zero-order valence-corrected chi connectivity index (χ0v) is 41.4. The number of rotatable bonds is 19. The second-order valence-electron chi connectivity index (χ2n) is 17.4. The molecule has 65 heavy (non-hydrogen) atoms. The number of nitrogens with one attached hydrogen (secondary N) is 4. The van der Waals surface area contributed by atoms with E-state index in [4.69, 9.17) is 18.9 Å². The lowest BCUT2D eigenvalue weighted by Gasteiger charge is -2.28. The number of hydrogen-bond donors (Lipinski definition) is 4. The summed E-state index contributed by atoms with van der Waals surface area (Å²) in [7, 11) is 4.17. The smallest absolute Gasteiger partial charge is 0.337 e. The van der Waals surface area contributed by atoms with Crippen molar-refractivity contribution < 1.29 is 62.3 Å². The van der Waals surface area contributed by atoms with Crippen molar-refractivity contribution in [2.24, 2.45) is 5.92 Å². The maximum Gasteiger partial charge on any atom is 0.337 e. The Kier molecular flexibility index (Phi) is 28.9. The average molecular weight is 907 g/mol. The van der Waals surface area contributed by atoms with Gasteiger partial charge in [-0.25, -0.2) is 19.2 Å². The van der Waals surface area contributed by atoms with Crippen LogP contribution in [0.5, 0.6) is 0 Å². The Morgan fingerprint density at radius 2 is 1.08 bits per heavy atom. The topological polar surface area (TPSA) is 127 Å². The van der Waals surface area contributed by atoms with Gasteiger partial charge in [0.25, 0.3) is 6.73 Å². The molecule has 13 heteroatoms. The van der Waals surface area contributed by atoms with Crippen LogP contribution in [0.1, 0.15) is 103 Å². The highest BCUT2D eigenvalue weighted by Crippen LogP contribution is 2.22. The summed E-state index contributed by atoms with van der Waals surface area (Å²) >= 11 is 0. The van der Waals surface area contributed by atoms with Gasteiger partial charge >= 0.3 is 23.9 Å². The van der Waals surface area contributed by atoms with E-state index in [9.17, 15) is 19.2 Å². The highest BCUT2D eigenvalue weighted by Gasteiger charge is 2.25. The maximum atomic E-state index is 11.5. The van der Waals surface area contributed by atoms with Crippen LogP contribution < -0.4 is 24.2 Å². The SMILES string of the molecule is C=C(C)C(=O)OC[NH+](C)CC.C=C(C)C(=O)OC[NH+]1CCC(CC)CC1.C=C(C)C(=O)OC[n+]1ccc(C2CC[NH+](COC(=O)C(=C)C)CC2)cc1.C=Cc1ccc(C[NH+](C)CC)cc1. The van der Waals surface area contributed by atoms with Gasteiger partial charge in [-0.15, -0.1) is 0 Å². The predicted octanol–water partition coefficient (Wildman–Crippen LogP) is 2.62. The third-order valence-electron chi connectivity index (χ3n) is 11.4. The molecule has 0 aliphatic carbocycles. The standard InChI is InChI=1S/C20H27N2O4.C12H21NO2.C12H17N.C8H15NO2/c1-15(2)19(23)25-13-21-9-5-17(6-10-21)18-7-11-22(12-8-18)14-26-20(24)16(3)4;1-4-11-5-7-13(8-6-11)9-15-12(14)10(2)3;1-4-11-6-8-12(9-7-11)10-13(3)5-2;1-5-9(4)6-11-8(10)7(2)3/h5-6,9-10,18H,1,3,7-8,11-14H2,2,4H3;11H,2,4-9H2,1,3H3;4,6-9H,1,5,10H2,2-3H3;2,5-6H2,1,3-4H3/q+1;;;/p+4. The van der Waals surface area contributed by atoms with Crippen molar-refractivity contribution in [2.45, 2.75) is 99.8 Å². The second-order valence-corrected chi connectivity index (χ2v) is 17.4. The minimum absolute atomic E-state index is 0.183. The van der Waals surface area contributed by atoms with E-state index >= 15 is 0 Å². The highest BCUT2D eigenvalue weighted by molar-refractivity contribution is 5.87. The molecule has 3 heterocycles. The number of carbonyl (C=O) groups is 4. The molecule has 0 saturated carbocycles. The van der Waals surface area contributed by atoms with Crippen LogP contribution in [0.4, 0.5) is 0 Å². The van der Waals surface area contributed by atoms with E-state index in [1.165, 1.54) is 62.1 Å². The summed E-state index contributed by atoms with van der Waals surface area (Å²) in [5.41, 5.74) is 5.64. The normalized spacial score (nSPS) is 18.4. The molecule has 2 saturated heterocycles. The van der Waals surface area contributed by atoms with Gasteiger partial charge in [0.15, 0.2) is 12.4 Å². The molecule has 2 aliphatic rings. The zero-order chi connectivity index (χ0) is 48.9. The summed E-state index contributed by atoms with van der Waals surface area (Å²) in [5, 5.41) is 0. The molecule has 2 fully saturated rings. The number of pyridine rings is 1. The van der Waals surface area contributed by atoms with Crippen LogP contribution in [0.2, 0.25) is 0 Å². The van der Waals surface area contributed by atoms with E-state index in [2.05, 4.69) is 90.2 Å². The molecular formula is C52H84N5O8+5. The van der Waals surface area contributed by atoms with Gasteiger partial charge < -0.3 is 38.5 Å². The van der Waals surface area contributed by atoms with Crippen molar-refractivity contribution in [1.82, 2.24) is 0 Å². The van der Waals surface area contributed by atoms with Gasteiger partial charge in [0.05, 0.1) is 53.4 Å². The number of benzene rings is 1. The quantitative estimate of drug-likeness (QED) is 0.0558. The lowest BCUT2D eigenvalue weighted by molar-refractivity contribution is -0.923. The molecule has 0 bridgehead atoms. The fourth-order valence-corrected chi connectivity index (χ4v) is 6.47. The van der Waals surface area contributed by atoms with E-state index in [-0.39, 0.29) is 30.6 Å². The highest BCUT2D eigenvalue weighted by atomic mass is 16.6. The van der Waals surface area contributed by atoms with Crippen molar-refractivity contribution in [3.05, 3.63) is 121 Å². The molecule has 0 radical (unpaired) electrons. The van der Waals surface area contributed by atoms with E-state index in [0.717, 1.165) is 58.0 Å². The summed E-state index contributed by atoms with van der Waals surface area (Å²) in [6, 6.07) is 12.7. The first-order valence-electron chi connectivity index (χ1n) is 23.1. The number of likely N-dealkylation sites (tertiary alicyclic amines) is 2. The van der Waals surface area contributed by atoms with Crippen LogP contribution in [0.25, 0.3) is 6.08 Å². The first-order chi connectivity index (χ1) is 30.8. The number of ether oxygens (including phenoxy) is 4. The molecule has 4 rings (SSSR count). The van der Waals surface area contributed by atoms with Crippen LogP contribution in [0, 0.1) is 5.92 Å². The Balaban J connectivity index is 0.000000464. The number of nitrogens with zero attached hydrogens (tertiary/aromatic N) is 1. The Bertz CT molecular complexity index is 1810. The van der Waals surface area contributed by atoms with Gasteiger partial charge in [-0.05, 0) is 77.3 Å². The van der Waals surface area contributed by atoms with Gasteiger partial charge in [0, 0.05) is 52.8 Å². The number of quaternary nitrogens is 4. The number of carbonyl (C=O) groups excluding carboxylic acids is 4. The van der Waals surface area contributed by atoms with E-state index in [0.29, 0.717) is 48.4 Å². The van der Waals surface area contributed by atoms with Gasteiger partial charge in [-0.2, -0.15) is 4.57 Å². The molecule has 0 amide bonds. The average Bonchev–Trinajstić information content (AvgIpc) is 3.31. The minimum atomic E-state index is -0.385. The van der Waals surface area contributed by atoms with Crippen molar-refractivity contribution in [3.8, 4) is 0 Å². The predicted molar refractivity (Wildman–Crippen MR) is 256 cm³/mol. The lowest BCUT2D eigenvalue weighted by Crippen LogP contribution is -3.13. The molecule has 2 aliphatic heterocycles. The van der Waals surface area contributed by atoms with Crippen LogP contribution in [-0.4, -0.2) is 97.4 Å². The van der Waals surface area contributed by atoms with Crippen molar-refractivity contribution in [1.29, 1.82) is 0 Å². The number of piperidine rings is 2. The van der Waals surface area contributed by atoms with Crippen molar-refractivity contribution in [2.75, 3.05) is 73.6 Å². The molecule has 360 valence electrons. The summed E-state index contributed by atoms with van der Waals surface area (Å²) in [6.07, 6.45) is 11.6. The zero-order valence-electron chi connectivity index (χ0n) is 41.4. The van der Waals surface area contributed by atoms with Crippen LogP contribution in [0.15, 0.2) is 104 Å². The molecule has 2 aromatic rings. The van der Waals surface area contributed by atoms with Crippen molar-refractivity contribution >= 4 is 30.0 Å². The first kappa shape index (κ1) is 57.8. The van der Waals surface area contributed by atoms with Gasteiger partial charge in [0.2, 0.25) is 20.2 Å². The molecule has 1 aromatic carbocycles. The van der Waals surface area contributed by atoms with Crippen molar-refractivity contribution in [3.63, 3.8) is 0 Å². The molecule has 0 spiro atoms. The monoisotopic (exact) mass is 907 g/mol. The third-order valence-corrected chi connectivity index (χ3v) is 11.4. The van der Waals surface area contributed by atoms with Gasteiger partial charge in [-0.1, -0.05) is 76.6 Å². The van der Waals surface area contributed by atoms with Gasteiger partial charge in [-0.3, -0.25) is 0 Å². The Hall–Kier alpha value is -5.21. The number of hydrogen-bond acceptors (Lipinski definition) is 8. The minimum Gasteiger partial charge on any atom is -0.412 e. The molecule has 2 unspecified atom stereocenters. The maximum absolute atomic E-state index is 11.5. The Morgan fingerprint density at radius 3 is 1.49 bits per heavy atom.